The van der Waals surface area contributed by atoms with Gasteiger partial charge < -0.3 is 37.9 Å². The van der Waals surface area contributed by atoms with Gasteiger partial charge in [-0.2, -0.15) is 0 Å². The first-order valence-corrected chi connectivity index (χ1v) is 41.8. The van der Waals surface area contributed by atoms with Crippen LogP contribution in [0.5, 0.6) is 46.0 Å². The van der Waals surface area contributed by atoms with E-state index in [1.807, 2.05) is 72.8 Å². The third-order valence-electron chi connectivity index (χ3n) is 23.8. The maximum absolute atomic E-state index is 17.1. The lowest BCUT2D eigenvalue weighted by molar-refractivity contribution is 0.0563. The standard InChI is InChI=1S/C96H122N2O12/c1-13-17-21-25-29-31-35-39-47-63(45-37-33-27-23-19-15-3)61-97-93(99)87-69(83-73(103-5)49-41-50-74(83)104-6)57-65-67-59-71(85-77(107-9)53-43-54-78(85)108-10)89-92-82(67)68(66-58-70(88(94(97)100)91(87)81(65)66)84-75(105-7)51-42-52-76(84)106-8)60-72(86-79(109-11)55-44-56-80(86)110-12)90(92)96(102)98(95(89)101)62-64(46-38-34-28-24-20-16-4)48-40-36-32-30-26-22-18-14-2/h41-44,49-60,63-64H,13-40,45-48,61-62H2,1-12H3. The Balaban J connectivity index is 1.27. The summed E-state index contributed by atoms with van der Waals surface area (Å²) < 4.78 is 51.1. The number of amides is 4. The molecule has 0 radical (unpaired) electrons. The van der Waals surface area contributed by atoms with Crippen molar-refractivity contribution < 1.29 is 57.1 Å². The Morgan fingerprint density at radius 3 is 0.609 bits per heavy atom. The van der Waals surface area contributed by atoms with Crippen LogP contribution in [0.4, 0.5) is 0 Å². The maximum atomic E-state index is 17.1. The van der Waals surface area contributed by atoms with Gasteiger partial charge in [0.1, 0.15) is 46.0 Å². The summed E-state index contributed by atoms with van der Waals surface area (Å²) in [6, 6.07) is 30.7. The summed E-state index contributed by atoms with van der Waals surface area (Å²) in [5.41, 5.74) is 5.16. The molecular weight excluding hydrogens is 1370 g/mol. The summed E-state index contributed by atoms with van der Waals surface area (Å²) in [5, 5.41) is 4.64. The zero-order valence-electron chi connectivity index (χ0n) is 68.2. The SMILES string of the molecule is CCCCCCCCCCC(CCCCCCCC)CN1C(=O)c2c(-c3c(OC)cccc3OC)cc3c4cc(-c5c(OC)cccc5OC)c5c6c(c(-c7c(OC)cccc7OC)cc(c7cc(-c8c(OC)cccc8OC)c(c2c37)C1=O)c64)C(=O)N(CC(CCCCCCCC)CCCCCCCCCC)C5=O. The van der Waals surface area contributed by atoms with Crippen LogP contribution < -0.4 is 37.9 Å². The second-order valence-corrected chi connectivity index (χ2v) is 30.9. The van der Waals surface area contributed by atoms with Crippen molar-refractivity contribution in [3.05, 3.63) is 119 Å². The number of ether oxygens (including phenoxy) is 8. The number of fused-ring (bicyclic) bond motifs is 2. The molecule has 0 aliphatic carbocycles. The predicted octanol–water partition coefficient (Wildman–Crippen LogP) is 25.5. The van der Waals surface area contributed by atoms with Crippen LogP contribution >= 0.6 is 0 Å². The second-order valence-electron chi connectivity index (χ2n) is 30.9. The Bertz CT molecular complexity index is 4030. The highest BCUT2D eigenvalue weighted by Gasteiger charge is 2.45. The normalized spacial score (nSPS) is 13.4. The summed E-state index contributed by atoms with van der Waals surface area (Å²) in [7, 11) is 12.9. The number of nitrogens with zero attached hydrogens (tertiary/aromatic N) is 2. The van der Waals surface area contributed by atoms with Gasteiger partial charge in [0.25, 0.3) is 23.6 Å². The first-order chi connectivity index (χ1) is 53.9. The molecule has 0 N–H and O–H groups in total. The van der Waals surface area contributed by atoms with E-state index < -0.39 is 23.6 Å². The molecule has 588 valence electrons. The number of hydrogen-bond donors (Lipinski definition) is 0. The lowest BCUT2D eigenvalue weighted by atomic mass is 9.75. The summed E-state index contributed by atoms with van der Waals surface area (Å²) in [5.74, 6) is 1.86. The van der Waals surface area contributed by atoms with Gasteiger partial charge in [-0.1, -0.05) is 232 Å². The van der Waals surface area contributed by atoms with Crippen molar-refractivity contribution in [1.29, 1.82) is 0 Å². The Morgan fingerprint density at radius 2 is 0.427 bits per heavy atom. The molecule has 14 heteroatoms. The summed E-state index contributed by atoms with van der Waals surface area (Å²) in [4.78, 5) is 71.5. The zero-order chi connectivity index (χ0) is 77.8. The molecule has 110 heavy (non-hydrogen) atoms. The highest BCUT2D eigenvalue weighted by Crippen LogP contribution is 2.58. The molecular formula is C96H122N2O12. The second kappa shape index (κ2) is 39.7. The number of unbranched alkanes of at least 4 members (excludes halogenated alkanes) is 24. The van der Waals surface area contributed by atoms with E-state index in [9.17, 15) is 0 Å². The van der Waals surface area contributed by atoms with Crippen LogP contribution in [0, 0.1) is 11.8 Å². The third kappa shape index (κ3) is 17.2. The fraction of sp³-hybridized carbons (Fsp3) is 0.500. The van der Waals surface area contributed by atoms with Gasteiger partial charge >= 0.3 is 0 Å². The van der Waals surface area contributed by atoms with Gasteiger partial charge in [-0.25, -0.2) is 0 Å². The molecule has 14 nitrogen and oxygen atoms in total. The number of imide groups is 2. The quantitative estimate of drug-likeness (QED) is 0.0155. The zero-order valence-corrected chi connectivity index (χ0v) is 68.2. The molecule has 11 rings (SSSR count). The van der Waals surface area contributed by atoms with Crippen LogP contribution in [-0.4, -0.2) is 103 Å². The van der Waals surface area contributed by atoms with Crippen LogP contribution in [0.15, 0.2) is 97.1 Å². The molecule has 0 fully saturated rings. The predicted molar refractivity (Wildman–Crippen MR) is 450 cm³/mol. The number of carbonyl (C=O) groups excluding carboxylic acids is 4. The summed E-state index contributed by atoms with van der Waals surface area (Å²) in [6.45, 7) is 9.40. The molecule has 0 aromatic heterocycles. The van der Waals surface area contributed by atoms with Gasteiger partial charge in [-0.15, -0.1) is 0 Å². The number of carbonyl (C=O) groups is 4. The van der Waals surface area contributed by atoms with Gasteiger partial charge in [-0.05, 0) is 143 Å². The lowest BCUT2D eigenvalue weighted by Crippen LogP contribution is -2.44. The van der Waals surface area contributed by atoms with Gasteiger partial charge in [0, 0.05) is 46.1 Å². The highest BCUT2D eigenvalue weighted by molar-refractivity contribution is 6.45. The summed E-state index contributed by atoms with van der Waals surface area (Å²) >= 11 is 0. The van der Waals surface area contributed by atoms with E-state index >= 15 is 19.2 Å². The van der Waals surface area contributed by atoms with Crippen molar-refractivity contribution in [2.75, 3.05) is 70.0 Å². The minimum atomic E-state index is -0.431. The topological polar surface area (TPSA) is 149 Å². The average molecular weight is 1500 g/mol. The number of benzene rings is 9. The van der Waals surface area contributed by atoms with E-state index in [-0.39, 0.29) is 24.9 Å². The van der Waals surface area contributed by atoms with E-state index in [1.165, 1.54) is 89.9 Å². The average Bonchev–Trinajstić information content (AvgIpc) is 0.670. The van der Waals surface area contributed by atoms with Crippen LogP contribution in [-0.2, 0) is 0 Å². The number of hydrogen-bond acceptors (Lipinski definition) is 12. The smallest absolute Gasteiger partial charge is 0.262 e. The van der Waals surface area contributed by atoms with Gasteiger partial charge in [0.2, 0.25) is 0 Å². The summed E-state index contributed by atoms with van der Waals surface area (Å²) in [6.07, 6.45) is 35.7. The number of rotatable bonds is 48. The molecule has 2 heterocycles. The molecule has 2 atom stereocenters. The van der Waals surface area contributed by atoms with Crippen LogP contribution in [0.2, 0.25) is 0 Å². The maximum Gasteiger partial charge on any atom is 0.262 e. The molecule has 0 saturated heterocycles. The van der Waals surface area contributed by atoms with E-state index in [0.29, 0.717) is 156 Å². The first kappa shape index (κ1) is 81.9. The Morgan fingerprint density at radius 1 is 0.245 bits per heavy atom. The van der Waals surface area contributed by atoms with Gasteiger partial charge in [0.05, 0.1) is 101 Å². The van der Waals surface area contributed by atoms with Crippen LogP contribution in [0.1, 0.15) is 275 Å². The molecule has 2 aliphatic rings. The van der Waals surface area contributed by atoms with Crippen molar-refractivity contribution >= 4 is 66.7 Å². The Hall–Kier alpha value is -9.04. The minimum absolute atomic E-state index is 0.0156. The van der Waals surface area contributed by atoms with Crippen molar-refractivity contribution in [3.63, 3.8) is 0 Å². The Kier molecular flexibility index (Phi) is 29.6. The largest absolute Gasteiger partial charge is 0.496 e. The fourth-order valence-corrected chi connectivity index (χ4v) is 18.1. The van der Waals surface area contributed by atoms with E-state index in [4.69, 9.17) is 37.9 Å². The van der Waals surface area contributed by atoms with Crippen molar-refractivity contribution in [1.82, 2.24) is 9.80 Å². The molecule has 9 aromatic carbocycles. The fourth-order valence-electron chi connectivity index (χ4n) is 18.1. The highest BCUT2D eigenvalue weighted by atomic mass is 16.5. The lowest BCUT2D eigenvalue weighted by Gasteiger charge is -2.36. The van der Waals surface area contributed by atoms with Crippen LogP contribution in [0.3, 0.4) is 0 Å². The molecule has 9 aromatic rings. The number of methoxy groups -OCH3 is 8. The molecule has 2 aliphatic heterocycles. The minimum Gasteiger partial charge on any atom is -0.496 e. The molecule has 0 spiro atoms. The van der Waals surface area contributed by atoms with E-state index in [1.54, 1.807) is 66.7 Å². The van der Waals surface area contributed by atoms with Gasteiger partial charge in [0.15, 0.2) is 0 Å². The van der Waals surface area contributed by atoms with E-state index in [2.05, 4.69) is 52.0 Å². The van der Waals surface area contributed by atoms with Crippen molar-refractivity contribution in [2.24, 2.45) is 11.8 Å². The van der Waals surface area contributed by atoms with Gasteiger partial charge in [-0.3, -0.25) is 29.0 Å². The van der Waals surface area contributed by atoms with Crippen molar-refractivity contribution in [2.45, 2.75) is 233 Å². The monoisotopic (exact) mass is 1490 g/mol. The first-order valence-electron chi connectivity index (χ1n) is 41.8. The molecule has 0 bridgehead atoms. The van der Waals surface area contributed by atoms with Crippen LogP contribution in [0.25, 0.3) is 87.6 Å². The van der Waals surface area contributed by atoms with E-state index in [0.717, 1.165) is 116 Å². The molecule has 0 saturated carbocycles. The Labute approximate surface area is 654 Å². The molecule has 2 unspecified atom stereocenters. The van der Waals surface area contributed by atoms with Crippen molar-refractivity contribution in [3.8, 4) is 90.5 Å². The third-order valence-corrected chi connectivity index (χ3v) is 23.8. The molecule has 4 amide bonds.